The standard InChI is InChI=1S/C13H9BrClN3/c14-12-11-6-5-10(16)7-18(11)13(17-12)8-1-3-9(15)4-2-8/h1-7H,16H2. The first-order valence-electron chi connectivity index (χ1n) is 5.34. The van der Waals surface area contributed by atoms with Crippen LogP contribution in [0.5, 0.6) is 0 Å². The van der Waals surface area contributed by atoms with Crippen LogP contribution in [0.3, 0.4) is 0 Å². The first-order chi connectivity index (χ1) is 8.65. The molecule has 0 aliphatic carbocycles. The number of hydrogen-bond donors (Lipinski definition) is 1. The van der Waals surface area contributed by atoms with Crippen LogP contribution in [0.15, 0.2) is 47.2 Å². The summed E-state index contributed by atoms with van der Waals surface area (Å²) >= 11 is 9.35. The highest BCUT2D eigenvalue weighted by atomic mass is 79.9. The first-order valence-corrected chi connectivity index (χ1v) is 6.51. The minimum Gasteiger partial charge on any atom is -0.398 e. The number of imidazole rings is 1. The molecule has 2 N–H and O–H groups in total. The number of nitrogens with zero attached hydrogens (tertiary/aromatic N) is 2. The maximum atomic E-state index is 5.89. The molecule has 2 heterocycles. The van der Waals surface area contributed by atoms with Gasteiger partial charge >= 0.3 is 0 Å². The van der Waals surface area contributed by atoms with Gasteiger partial charge < -0.3 is 5.73 Å². The Morgan fingerprint density at radius 2 is 1.83 bits per heavy atom. The molecule has 0 bridgehead atoms. The van der Waals surface area contributed by atoms with Crippen molar-refractivity contribution in [3.63, 3.8) is 0 Å². The summed E-state index contributed by atoms with van der Waals surface area (Å²) in [5.74, 6) is 0.834. The number of hydrogen-bond acceptors (Lipinski definition) is 2. The number of pyridine rings is 1. The molecule has 3 aromatic rings. The van der Waals surface area contributed by atoms with Gasteiger partial charge in [0.05, 0.1) is 5.52 Å². The number of fused-ring (bicyclic) bond motifs is 1. The molecule has 0 saturated carbocycles. The normalized spacial score (nSPS) is 11.0. The van der Waals surface area contributed by atoms with E-state index in [4.69, 9.17) is 17.3 Å². The number of benzene rings is 1. The fraction of sp³-hybridized carbons (Fsp3) is 0. The van der Waals surface area contributed by atoms with Gasteiger partial charge in [0.25, 0.3) is 0 Å². The van der Waals surface area contributed by atoms with Crippen LogP contribution in [0.2, 0.25) is 5.02 Å². The maximum Gasteiger partial charge on any atom is 0.145 e. The molecule has 0 saturated heterocycles. The fourth-order valence-electron chi connectivity index (χ4n) is 1.87. The molecule has 0 spiro atoms. The van der Waals surface area contributed by atoms with Crippen molar-refractivity contribution in [2.75, 3.05) is 5.73 Å². The number of rotatable bonds is 1. The van der Waals surface area contributed by atoms with Crippen molar-refractivity contribution >= 4 is 38.7 Å². The van der Waals surface area contributed by atoms with Gasteiger partial charge in [0, 0.05) is 22.5 Å². The predicted molar refractivity (Wildman–Crippen MR) is 77.8 cm³/mol. The van der Waals surface area contributed by atoms with Gasteiger partial charge in [0.2, 0.25) is 0 Å². The maximum absolute atomic E-state index is 5.89. The van der Waals surface area contributed by atoms with E-state index in [1.807, 2.05) is 47.0 Å². The smallest absolute Gasteiger partial charge is 0.145 e. The topological polar surface area (TPSA) is 43.3 Å². The summed E-state index contributed by atoms with van der Waals surface area (Å²) in [5.41, 5.74) is 8.49. The minimum atomic E-state index is 0.697. The Balaban J connectivity index is 2.28. The second-order valence-corrected chi connectivity index (χ2v) is 5.14. The summed E-state index contributed by atoms with van der Waals surface area (Å²) in [6.07, 6.45) is 1.86. The molecule has 2 aromatic heterocycles. The van der Waals surface area contributed by atoms with E-state index in [2.05, 4.69) is 20.9 Å². The molecule has 18 heavy (non-hydrogen) atoms. The lowest BCUT2D eigenvalue weighted by molar-refractivity contribution is 1.16. The van der Waals surface area contributed by atoms with E-state index in [9.17, 15) is 0 Å². The molecule has 0 unspecified atom stereocenters. The highest BCUT2D eigenvalue weighted by Gasteiger charge is 2.10. The fourth-order valence-corrected chi connectivity index (χ4v) is 2.48. The molecular formula is C13H9BrClN3. The Bertz CT molecular complexity index is 719. The van der Waals surface area contributed by atoms with Gasteiger partial charge in [-0.05, 0) is 52.3 Å². The van der Waals surface area contributed by atoms with Gasteiger partial charge in [-0.3, -0.25) is 4.40 Å². The molecule has 3 nitrogen and oxygen atoms in total. The third-order valence-corrected chi connectivity index (χ3v) is 3.55. The quantitative estimate of drug-likeness (QED) is 0.736. The van der Waals surface area contributed by atoms with Crippen LogP contribution in [0.25, 0.3) is 16.9 Å². The number of halogens is 2. The van der Waals surface area contributed by atoms with Crippen LogP contribution in [0.1, 0.15) is 0 Å². The lowest BCUT2D eigenvalue weighted by atomic mass is 10.2. The molecule has 90 valence electrons. The summed E-state index contributed by atoms with van der Waals surface area (Å²) in [6.45, 7) is 0. The van der Waals surface area contributed by atoms with Crippen LogP contribution in [0, 0.1) is 0 Å². The summed E-state index contributed by atoms with van der Waals surface area (Å²) in [4.78, 5) is 4.51. The molecular weight excluding hydrogens is 314 g/mol. The Labute approximate surface area is 117 Å². The average Bonchev–Trinajstić information content (AvgIpc) is 2.67. The summed E-state index contributed by atoms with van der Waals surface area (Å²) in [5, 5.41) is 0.707. The molecule has 0 atom stereocenters. The van der Waals surface area contributed by atoms with Crippen LogP contribution < -0.4 is 5.73 Å². The summed E-state index contributed by atoms with van der Waals surface area (Å²) < 4.78 is 2.76. The zero-order valence-corrected chi connectivity index (χ0v) is 11.6. The minimum absolute atomic E-state index is 0.697. The van der Waals surface area contributed by atoms with Crippen molar-refractivity contribution in [1.82, 2.24) is 9.38 Å². The summed E-state index contributed by atoms with van der Waals surface area (Å²) in [7, 11) is 0. The van der Waals surface area contributed by atoms with Crippen molar-refractivity contribution < 1.29 is 0 Å². The Morgan fingerprint density at radius 3 is 2.56 bits per heavy atom. The van der Waals surface area contributed by atoms with E-state index in [1.165, 1.54) is 0 Å². The average molecular weight is 323 g/mol. The van der Waals surface area contributed by atoms with Crippen LogP contribution >= 0.6 is 27.5 Å². The van der Waals surface area contributed by atoms with E-state index >= 15 is 0 Å². The highest BCUT2D eigenvalue weighted by Crippen LogP contribution is 2.27. The number of nitrogens with two attached hydrogens (primary N) is 1. The Morgan fingerprint density at radius 1 is 1.11 bits per heavy atom. The van der Waals surface area contributed by atoms with Crippen molar-refractivity contribution in [2.24, 2.45) is 0 Å². The van der Waals surface area contributed by atoms with Crippen molar-refractivity contribution in [1.29, 1.82) is 0 Å². The molecule has 0 aliphatic heterocycles. The van der Waals surface area contributed by atoms with E-state index < -0.39 is 0 Å². The molecule has 0 radical (unpaired) electrons. The van der Waals surface area contributed by atoms with Crippen LogP contribution in [-0.4, -0.2) is 9.38 Å². The Hall–Kier alpha value is -1.52. The predicted octanol–water partition coefficient (Wildman–Crippen LogP) is 4.00. The van der Waals surface area contributed by atoms with Crippen LogP contribution in [0.4, 0.5) is 5.69 Å². The molecule has 0 amide bonds. The lowest BCUT2D eigenvalue weighted by Gasteiger charge is -2.02. The van der Waals surface area contributed by atoms with Gasteiger partial charge in [-0.2, -0.15) is 0 Å². The van der Waals surface area contributed by atoms with E-state index in [0.29, 0.717) is 10.7 Å². The summed E-state index contributed by atoms with van der Waals surface area (Å²) in [6, 6.07) is 11.4. The molecule has 1 aromatic carbocycles. The molecule has 5 heteroatoms. The van der Waals surface area contributed by atoms with Gasteiger partial charge in [0.15, 0.2) is 0 Å². The second kappa shape index (κ2) is 4.30. The van der Waals surface area contributed by atoms with Crippen LogP contribution in [-0.2, 0) is 0 Å². The lowest BCUT2D eigenvalue weighted by Crippen LogP contribution is -1.92. The number of nitrogen functional groups attached to an aromatic ring is 1. The zero-order chi connectivity index (χ0) is 12.7. The third kappa shape index (κ3) is 1.87. The zero-order valence-electron chi connectivity index (χ0n) is 9.27. The largest absolute Gasteiger partial charge is 0.398 e. The SMILES string of the molecule is Nc1ccc2c(Br)nc(-c3ccc(Cl)cc3)n2c1. The van der Waals surface area contributed by atoms with Gasteiger partial charge in [-0.15, -0.1) is 0 Å². The number of aromatic nitrogens is 2. The number of anilines is 1. The molecule has 0 fully saturated rings. The molecule has 0 aliphatic rings. The van der Waals surface area contributed by atoms with Gasteiger partial charge in [0.1, 0.15) is 10.4 Å². The van der Waals surface area contributed by atoms with Crippen molar-refractivity contribution in [2.45, 2.75) is 0 Å². The van der Waals surface area contributed by atoms with E-state index in [-0.39, 0.29) is 0 Å². The molecule has 3 rings (SSSR count). The van der Waals surface area contributed by atoms with E-state index in [0.717, 1.165) is 21.5 Å². The third-order valence-electron chi connectivity index (χ3n) is 2.72. The van der Waals surface area contributed by atoms with Crippen molar-refractivity contribution in [3.8, 4) is 11.4 Å². The van der Waals surface area contributed by atoms with Gasteiger partial charge in [-0.1, -0.05) is 11.6 Å². The monoisotopic (exact) mass is 321 g/mol. The Kier molecular flexibility index (Phi) is 2.76. The highest BCUT2D eigenvalue weighted by molar-refractivity contribution is 9.10. The van der Waals surface area contributed by atoms with Crippen molar-refractivity contribution in [3.05, 3.63) is 52.2 Å². The second-order valence-electron chi connectivity index (χ2n) is 3.95. The first kappa shape index (κ1) is 11.6. The van der Waals surface area contributed by atoms with Gasteiger partial charge in [-0.25, -0.2) is 4.98 Å². The van der Waals surface area contributed by atoms with E-state index in [1.54, 1.807) is 0 Å².